The van der Waals surface area contributed by atoms with Crippen molar-refractivity contribution in [2.45, 2.75) is 13.8 Å². The summed E-state index contributed by atoms with van der Waals surface area (Å²) < 4.78 is 13.2. The Morgan fingerprint density at radius 1 is 0.833 bits per heavy atom. The van der Waals surface area contributed by atoms with Crippen LogP contribution in [0.1, 0.15) is 13.8 Å². The quantitative estimate of drug-likeness (QED) is 0.499. The van der Waals surface area contributed by atoms with Crippen molar-refractivity contribution in [3.8, 4) is 22.5 Å². The van der Waals surface area contributed by atoms with Gasteiger partial charge in [-0.15, -0.1) is 0 Å². The Morgan fingerprint density at radius 3 is 2.25 bits per heavy atom. The number of aromatic nitrogens is 3. The zero-order valence-electron chi connectivity index (χ0n) is 13.6. The van der Waals surface area contributed by atoms with E-state index in [0.29, 0.717) is 0 Å². The topological polar surface area (TPSA) is 41.6 Å². The first kappa shape index (κ1) is 15.9. The molecule has 2 aromatic carbocycles. The molecule has 0 saturated carbocycles. The van der Waals surface area contributed by atoms with E-state index in [1.807, 2.05) is 62.4 Å². The highest BCUT2D eigenvalue weighted by molar-refractivity contribution is 5.79. The Kier molecular flexibility index (Phi) is 4.66. The third kappa shape index (κ3) is 3.18. The summed E-state index contributed by atoms with van der Waals surface area (Å²) in [5, 5.41) is 0. The molecule has 0 aliphatic rings. The molecule has 120 valence electrons. The second-order valence-corrected chi connectivity index (χ2v) is 5.05. The van der Waals surface area contributed by atoms with E-state index >= 15 is 0 Å². The maximum Gasteiger partial charge on any atom is 0.213 e. The zero-order valence-corrected chi connectivity index (χ0v) is 13.6. The van der Waals surface area contributed by atoms with Crippen LogP contribution in [0.5, 0.6) is 0 Å². The van der Waals surface area contributed by atoms with Crippen molar-refractivity contribution in [3.63, 3.8) is 0 Å². The number of benzene rings is 2. The van der Waals surface area contributed by atoms with Gasteiger partial charge in [0.2, 0.25) is 5.95 Å². The molecule has 0 saturated heterocycles. The van der Waals surface area contributed by atoms with Gasteiger partial charge in [-0.2, -0.15) is 4.39 Å². The lowest BCUT2D eigenvalue weighted by atomic mass is 10.1. The number of pyridine rings is 1. The van der Waals surface area contributed by atoms with Gasteiger partial charge >= 0.3 is 0 Å². The van der Waals surface area contributed by atoms with Crippen molar-refractivity contribution in [2.24, 2.45) is 0 Å². The van der Waals surface area contributed by atoms with Gasteiger partial charge in [0.15, 0.2) is 0 Å². The maximum atomic E-state index is 13.2. The van der Waals surface area contributed by atoms with Crippen molar-refractivity contribution in [1.82, 2.24) is 15.0 Å². The molecule has 0 amide bonds. The highest BCUT2D eigenvalue weighted by Crippen LogP contribution is 2.24. The number of imidazole rings is 1. The Bertz CT molecular complexity index is 909. The first-order valence-corrected chi connectivity index (χ1v) is 7.97. The van der Waals surface area contributed by atoms with Crippen molar-refractivity contribution in [1.29, 1.82) is 0 Å². The van der Waals surface area contributed by atoms with Crippen LogP contribution in [0, 0.1) is 5.95 Å². The van der Waals surface area contributed by atoms with Gasteiger partial charge in [-0.25, -0.2) is 9.97 Å². The van der Waals surface area contributed by atoms with Crippen molar-refractivity contribution >= 4 is 11.0 Å². The number of aromatic amines is 1. The Morgan fingerprint density at radius 2 is 1.54 bits per heavy atom. The maximum absolute atomic E-state index is 13.2. The minimum atomic E-state index is -0.473. The lowest BCUT2D eigenvalue weighted by Crippen LogP contribution is -1.85. The average Bonchev–Trinajstić information content (AvgIpc) is 3.08. The van der Waals surface area contributed by atoms with Crippen LogP contribution in [0.15, 0.2) is 66.9 Å². The number of nitrogens with one attached hydrogen (secondary N) is 1. The second kappa shape index (κ2) is 7.04. The fourth-order valence-corrected chi connectivity index (χ4v) is 2.49. The van der Waals surface area contributed by atoms with Crippen LogP contribution in [-0.4, -0.2) is 15.0 Å². The summed E-state index contributed by atoms with van der Waals surface area (Å²) in [7, 11) is 0. The molecule has 0 spiro atoms. The molecule has 0 aliphatic carbocycles. The van der Waals surface area contributed by atoms with E-state index in [1.165, 1.54) is 12.3 Å². The third-order valence-electron chi connectivity index (χ3n) is 3.61. The molecule has 0 radical (unpaired) electrons. The number of para-hydroxylation sites is 2. The van der Waals surface area contributed by atoms with Crippen LogP contribution in [0.2, 0.25) is 0 Å². The normalized spacial score (nSPS) is 10.3. The van der Waals surface area contributed by atoms with Crippen molar-refractivity contribution in [3.05, 3.63) is 72.8 Å². The average molecular weight is 319 g/mol. The van der Waals surface area contributed by atoms with Gasteiger partial charge in [0.1, 0.15) is 5.82 Å². The minimum absolute atomic E-state index is 0.473. The lowest BCUT2D eigenvalue weighted by Gasteiger charge is -2.03. The van der Waals surface area contributed by atoms with Gasteiger partial charge in [-0.05, 0) is 29.3 Å². The molecule has 0 unspecified atom stereocenters. The van der Waals surface area contributed by atoms with Gasteiger partial charge in [-0.1, -0.05) is 50.2 Å². The van der Waals surface area contributed by atoms with E-state index in [0.717, 1.165) is 33.5 Å². The van der Waals surface area contributed by atoms with Crippen LogP contribution in [-0.2, 0) is 0 Å². The molecule has 0 aliphatic heterocycles. The highest BCUT2D eigenvalue weighted by Gasteiger charge is 2.06. The molecule has 24 heavy (non-hydrogen) atoms. The number of hydrogen-bond donors (Lipinski definition) is 1. The molecule has 2 aromatic heterocycles. The van der Waals surface area contributed by atoms with E-state index in [-0.39, 0.29) is 0 Å². The van der Waals surface area contributed by atoms with E-state index in [2.05, 4.69) is 15.0 Å². The summed E-state index contributed by atoms with van der Waals surface area (Å²) >= 11 is 0. The molecular formula is C20H18FN3. The third-order valence-corrected chi connectivity index (χ3v) is 3.61. The van der Waals surface area contributed by atoms with E-state index in [4.69, 9.17) is 0 Å². The molecule has 0 fully saturated rings. The SMILES string of the molecule is CC.Fc1cc(-c2ccc(-c3nc4ccccc4[nH]3)cc2)ccn1. The molecule has 3 nitrogen and oxygen atoms in total. The summed E-state index contributed by atoms with van der Waals surface area (Å²) in [5.74, 6) is 0.354. The highest BCUT2D eigenvalue weighted by atomic mass is 19.1. The first-order valence-electron chi connectivity index (χ1n) is 7.97. The van der Waals surface area contributed by atoms with E-state index in [1.54, 1.807) is 6.07 Å². The number of hydrogen-bond acceptors (Lipinski definition) is 2. The fraction of sp³-hybridized carbons (Fsp3) is 0.100. The minimum Gasteiger partial charge on any atom is -0.338 e. The zero-order chi connectivity index (χ0) is 16.9. The van der Waals surface area contributed by atoms with Crippen LogP contribution in [0.4, 0.5) is 4.39 Å². The van der Waals surface area contributed by atoms with Crippen LogP contribution in [0.25, 0.3) is 33.5 Å². The first-order chi connectivity index (χ1) is 11.8. The lowest BCUT2D eigenvalue weighted by molar-refractivity contribution is 0.584. The van der Waals surface area contributed by atoms with Gasteiger partial charge in [0, 0.05) is 17.8 Å². The molecule has 0 bridgehead atoms. The predicted molar refractivity (Wildman–Crippen MR) is 96.1 cm³/mol. The Hall–Kier alpha value is -3.01. The van der Waals surface area contributed by atoms with Crippen molar-refractivity contribution < 1.29 is 4.39 Å². The van der Waals surface area contributed by atoms with Crippen molar-refractivity contribution in [2.75, 3.05) is 0 Å². The van der Waals surface area contributed by atoms with Gasteiger partial charge in [0.05, 0.1) is 11.0 Å². The molecule has 2 heterocycles. The summed E-state index contributed by atoms with van der Waals surface area (Å²) in [6.45, 7) is 4.00. The standard InChI is InChI=1S/C18H12FN3.C2H6/c19-17-11-14(9-10-20-17)12-5-7-13(8-6-12)18-21-15-3-1-2-4-16(15)22-18;1-2/h1-11H,(H,21,22);1-2H3. The Labute approximate surface area is 140 Å². The summed E-state index contributed by atoms with van der Waals surface area (Å²) in [4.78, 5) is 11.4. The number of fused-ring (bicyclic) bond motifs is 1. The summed E-state index contributed by atoms with van der Waals surface area (Å²) in [6, 6.07) is 19.0. The number of H-pyrrole nitrogens is 1. The van der Waals surface area contributed by atoms with Gasteiger partial charge in [-0.3, -0.25) is 0 Å². The number of nitrogens with zero attached hydrogens (tertiary/aromatic N) is 2. The monoisotopic (exact) mass is 319 g/mol. The molecule has 4 heteroatoms. The molecular weight excluding hydrogens is 301 g/mol. The molecule has 4 rings (SSSR count). The fourth-order valence-electron chi connectivity index (χ4n) is 2.49. The summed E-state index contributed by atoms with van der Waals surface area (Å²) in [6.07, 6.45) is 1.47. The molecule has 0 atom stereocenters. The second-order valence-electron chi connectivity index (χ2n) is 5.05. The van der Waals surface area contributed by atoms with E-state index in [9.17, 15) is 4.39 Å². The summed E-state index contributed by atoms with van der Waals surface area (Å²) in [5.41, 5.74) is 4.70. The molecule has 4 aromatic rings. The van der Waals surface area contributed by atoms with Gasteiger partial charge < -0.3 is 4.98 Å². The molecule has 1 N–H and O–H groups in total. The van der Waals surface area contributed by atoms with Crippen LogP contribution < -0.4 is 0 Å². The smallest absolute Gasteiger partial charge is 0.213 e. The van der Waals surface area contributed by atoms with Gasteiger partial charge in [0.25, 0.3) is 0 Å². The van der Waals surface area contributed by atoms with Crippen LogP contribution in [0.3, 0.4) is 0 Å². The van der Waals surface area contributed by atoms with E-state index < -0.39 is 5.95 Å². The number of halogens is 1. The largest absolute Gasteiger partial charge is 0.338 e. The predicted octanol–water partition coefficient (Wildman–Crippen LogP) is 5.46. The Balaban J connectivity index is 0.000000815. The number of rotatable bonds is 2. The van der Waals surface area contributed by atoms with Crippen LogP contribution >= 0.6 is 0 Å².